The number of likely N-dealkylation sites (tertiary alicyclic amines) is 1. The summed E-state index contributed by atoms with van der Waals surface area (Å²) in [4.78, 5) is 13.0. The van der Waals surface area contributed by atoms with Crippen LogP contribution in [0.1, 0.15) is 18.4 Å². The summed E-state index contributed by atoms with van der Waals surface area (Å²) >= 11 is 5.82. The van der Waals surface area contributed by atoms with Crippen molar-refractivity contribution in [3.63, 3.8) is 0 Å². The first-order valence-electron chi connectivity index (χ1n) is 6.36. The Morgan fingerprint density at radius 2 is 1.95 bits per heavy atom. The van der Waals surface area contributed by atoms with Crippen LogP contribution in [-0.4, -0.2) is 25.5 Å². The van der Waals surface area contributed by atoms with Crippen molar-refractivity contribution in [3.05, 3.63) is 28.8 Å². The van der Waals surface area contributed by atoms with E-state index >= 15 is 0 Å². The SMILES string of the molecule is O=C(C[NH+]1CCCC1)Nc1cc(C(F)(F)F)ccc1Cl. The highest BCUT2D eigenvalue weighted by atomic mass is 35.5. The van der Waals surface area contributed by atoms with E-state index in [-0.39, 0.29) is 23.2 Å². The molecule has 0 atom stereocenters. The van der Waals surface area contributed by atoms with Gasteiger partial charge in [0.05, 0.1) is 29.4 Å². The molecular formula is C13H15ClF3N2O+. The highest BCUT2D eigenvalue weighted by molar-refractivity contribution is 6.33. The van der Waals surface area contributed by atoms with Gasteiger partial charge < -0.3 is 10.2 Å². The number of hydrogen-bond acceptors (Lipinski definition) is 1. The second kappa shape index (κ2) is 6.01. The minimum atomic E-state index is -4.45. The lowest BCUT2D eigenvalue weighted by molar-refractivity contribution is -0.878. The Bertz CT molecular complexity index is 499. The smallest absolute Gasteiger partial charge is 0.327 e. The van der Waals surface area contributed by atoms with Crippen LogP contribution in [0.15, 0.2) is 18.2 Å². The van der Waals surface area contributed by atoms with Crippen molar-refractivity contribution in [3.8, 4) is 0 Å². The van der Waals surface area contributed by atoms with Crippen LogP contribution < -0.4 is 10.2 Å². The van der Waals surface area contributed by atoms with E-state index in [1.54, 1.807) is 0 Å². The van der Waals surface area contributed by atoms with Crippen molar-refractivity contribution in [1.29, 1.82) is 0 Å². The number of anilines is 1. The third-order valence-electron chi connectivity index (χ3n) is 3.29. The number of nitrogens with one attached hydrogen (secondary N) is 2. The van der Waals surface area contributed by atoms with E-state index in [4.69, 9.17) is 11.6 Å². The number of carbonyl (C=O) groups excluding carboxylic acids is 1. The Morgan fingerprint density at radius 1 is 1.30 bits per heavy atom. The normalized spacial score (nSPS) is 16.4. The van der Waals surface area contributed by atoms with Crippen LogP contribution in [0.2, 0.25) is 5.02 Å². The Balaban J connectivity index is 2.06. The van der Waals surface area contributed by atoms with E-state index in [0.717, 1.165) is 49.0 Å². The lowest BCUT2D eigenvalue weighted by Gasteiger charge is -2.14. The molecule has 0 spiro atoms. The van der Waals surface area contributed by atoms with Gasteiger partial charge in [-0.25, -0.2) is 0 Å². The monoisotopic (exact) mass is 307 g/mol. The summed E-state index contributed by atoms with van der Waals surface area (Å²) in [7, 11) is 0. The van der Waals surface area contributed by atoms with Crippen molar-refractivity contribution in [2.75, 3.05) is 25.0 Å². The van der Waals surface area contributed by atoms with Gasteiger partial charge in [0.1, 0.15) is 0 Å². The fraction of sp³-hybridized carbons (Fsp3) is 0.462. The molecule has 1 aromatic rings. The van der Waals surface area contributed by atoms with Gasteiger partial charge in [0.25, 0.3) is 5.91 Å². The quantitative estimate of drug-likeness (QED) is 0.879. The number of benzene rings is 1. The van der Waals surface area contributed by atoms with Crippen LogP contribution in [0.25, 0.3) is 0 Å². The first-order valence-corrected chi connectivity index (χ1v) is 6.74. The number of quaternary nitrogens is 1. The van der Waals surface area contributed by atoms with E-state index in [9.17, 15) is 18.0 Å². The molecule has 1 fully saturated rings. The van der Waals surface area contributed by atoms with Crippen LogP contribution in [0.4, 0.5) is 18.9 Å². The van der Waals surface area contributed by atoms with Gasteiger partial charge in [0.15, 0.2) is 6.54 Å². The highest BCUT2D eigenvalue weighted by Gasteiger charge is 2.31. The van der Waals surface area contributed by atoms with Gasteiger partial charge in [0.2, 0.25) is 0 Å². The fourth-order valence-electron chi connectivity index (χ4n) is 2.27. The number of carbonyl (C=O) groups is 1. The van der Waals surface area contributed by atoms with Gasteiger partial charge in [0, 0.05) is 12.8 Å². The van der Waals surface area contributed by atoms with Crippen molar-refractivity contribution in [1.82, 2.24) is 0 Å². The lowest BCUT2D eigenvalue weighted by atomic mass is 10.2. The summed E-state index contributed by atoms with van der Waals surface area (Å²) in [5.74, 6) is -0.317. The molecule has 0 bridgehead atoms. The Morgan fingerprint density at radius 3 is 2.55 bits per heavy atom. The first kappa shape index (κ1) is 15.1. The highest BCUT2D eigenvalue weighted by Crippen LogP contribution is 2.33. The van der Waals surface area contributed by atoms with Gasteiger partial charge >= 0.3 is 6.18 Å². The summed E-state index contributed by atoms with van der Waals surface area (Å²) in [6, 6.07) is 2.89. The van der Waals surface area contributed by atoms with E-state index in [1.807, 2.05) is 0 Å². The maximum Gasteiger partial charge on any atom is 0.416 e. The maximum atomic E-state index is 12.6. The van der Waals surface area contributed by atoms with Crippen molar-refractivity contribution < 1.29 is 22.9 Å². The van der Waals surface area contributed by atoms with E-state index in [1.165, 1.54) is 0 Å². The minimum absolute atomic E-state index is 0.00471. The molecule has 0 radical (unpaired) electrons. The van der Waals surface area contributed by atoms with Gasteiger partial charge in [-0.2, -0.15) is 13.2 Å². The Labute approximate surface area is 119 Å². The average molecular weight is 308 g/mol. The third kappa shape index (κ3) is 3.86. The summed E-state index contributed by atoms with van der Waals surface area (Å²) < 4.78 is 37.8. The maximum absolute atomic E-state index is 12.6. The standard InChI is InChI=1S/C13H14ClF3N2O/c14-10-4-3-9(13(15,16)17)7-11(10)18-12(20)8-19-5-1-2-6-19/h3-4,7H,1-2,5-6,8H2,(H,18,20)/p+1. The summed E-state index contributed by atoms with van der Waals surface area (Å²) in [6.45, 7) is 2.10. The molecule has 1 aliphatic rings. The van der Waals surface area contributed by atoms with Gasteiger partial charge in [-0.05, 0) is 18.2 Å². The predicted octanol–water partition coefficient (Wildman–Crippen LogP) is 1.98. The molecule has 0 saturated carbocycles. The number of alkyl halides is 3. The molecule has 7 heteroatoms. The van der Waals surface area contributed by atoms with Crippen molar-refractivity contribution in [2.45, 2.75) is 19.0 Å². The molecule has 1 aromatic carbocycles. The molecule has 1 saturated heterocycles. The number of amides is 1. The summed E-state index contributed by atoms with van der Waals surface area (Å²) in [5, 5.41) is 2.56. The number of rotatable bonds is 3. The second-order valence-corrected chi connectivity index (χ2v) is 5.28. The molecule has 0 aromatic heterocycles. The molecule has 1 heterocycles. The average Bonchev–Trinajstić information content (AvgIpc) is 2.83. The molecule has 2 rings (SSSR count). The Hall–Kier alpha value is -1.27. The van der Waals surface area contributed by atoms with Gasteiger partial charge in [-0.3, -0.25) is 4.79 Å². The van der Waals surface area contributed by atoms with Gasteiger partial charge in [-0.1, -0.05) is 11.6 Å². The van der Waals surface area contributed by atoms with E-state index in [2.05, 4.69) is 5.32 Å². The lowest BCUT2D eigenvalue weighted by Crippen LogP contribution is -3.11. The molecule has 0 unspecified atom stereocenters. The van der Waals surface area contributed by atoms with Crippen molar-refractivity contribution in [2.24, 2.45) is 0 Å². The molecular weight excluding hydrogens is 293 g/mol. The van der Waals surface area contributed by atoms with Crippen LogP contribution in [-0.2, 0) is 11.0 Å². The molecule has 2 N–H and O–H groups in total. The minimum Gasteiger partial charge on any atom is -0.327 e. The number of halogens is 4. The molecule has 0 aliphatic carbocycles. The van der Waals surface area contributed by atoms with Crippen LogP contribution in [0.5, 0.6) is 0 Å². The van der Waals surface area contributed by atoms with Crippen LogP contribution >= 0.6 is 11.6 Å². The molecule has 20 heavy (non-hydrogen) atoms. The van der Waals surface area contributed by atoms with Crippen molar-refractivity contribution >= 4 is 23.2 Å². The van der Waals surface area contributed by atoms with E-state index in [0.29, 0.717) is 0 Å². The largest absolute Gasteiger partial charge is 0.416 e. The predicted molar refractivity (Wildman–Crippen MR) is 69.9 cm³/mol. The summed E-state index contributed by atoms with van der Waals surface area (Å²) in [6.07, 6.45) is -2.30. The first-order chi connectivity index (χ1) is 9.36. The number of hydrogen-bond donors (Lipinski definition) is 2. The van der Waals surface area contributed by atoms with Crippen LogP contribution in [0.3, 0.4) is 0 Å². The molecule has 1 amide bonds. The zero-order valence-corrected chi connectivity index (χ0v) is 11.4. The fourth-order valence-corrected chi connectivity index (χ4v) is 2.44. The second-order valence-electron chi connectivity index (χ2n) is 4.87. The zero-order chi connectivity index (χ0) is 14.8. The molecule has 1 aliphatic heterocycles. The van der Waals surface area contributed by atoms with E-state index < -0.39 is 11.7 Å². The molecule has 110 valence electrons. The molecule has 3 nitrogen and oxygen atoms in total. The Kier molecular flexibility index (Phi) is 4.55. The summed E-state index contributed by atoms with van der Waals surface area (Å²) in [5.41, 5.74) is -0.823. The zero-order valence-electron chi connectivity index (χ0n) is 10.7. The topological polar surface area (TPSA) is 33.5 Å². The third-order valence-corrected chi connectivity index (χ3v) is 3.62. The van der Waals surface area contributed by atoms with Gasteiger partial charge in [-0.15, -0.1) is 0 Å². The van der Waals surface area contributed by atoms with Crippen LogP contribution in [0, 0.1) is 0 Å².